The number of carbonyl (C=O) groups excluding carboxylic acids is 1. The van der Waals surface area contributed by atoms with Gasteiger partial charge >= 0.3 is 0 Å². The molecular weight excluding hydrogens is 505 g/mol. The van der Waals surface area contributed by atoms with Crippen molar-refractivity contribution in [2.24, 2.45) is 0 Å². The number of allylic oxidation sites excluding steroid dienone is 3. The molecule has 1 heterocycles. The lowest BCUT2D eigenvalue weighted by molar-refractivity contribution is -0.115. The highest BCUT2D eigenvalue weighted by Crippen LogP contribution is 2.42. The van der Waals surface area contributed by atoms with Gasteiger partial charge in [0.2, 0.25) is 0 Å². The van der Waals surface area contributed by atoms with Gasteiger partial charge in [0.15, 0.2) is 22.4 Å². The average molecular weight is 565 g/mol. The fraction of sp³-hybridized carbons (Fsp3) is 0.781. The minimum absolute atomic E-state index is 0.0187. The van der Waals surface area contributed by atoms with Crippen molar-refractivity contribution in [3.8, 4) is 0 Å². The quantitative estimate of drug-likeness (QED) is 0.134. The van der Waals surface area contributed by atoms with E-state index in [1.807, 2.05) is 19.9 Å². The number of hydrogen-bond acceptors (Lipinski definition) is 4. The van der Waals surface area contributed by atoms with Crippen LogP contribution in [0.4, 0.5) is 0 Å². The summed E-state index contributed by atoms with van der Waals surface area (Å²) in [7, 11) is -3.78. The summed E-state index contributed by atoms with van der Waals surface area (Å²) >= 11 is 0. The summed E-state index contributed by atoms with van der Waals surface area (Å²) in [5.74, 6) is 0.138. The molecule has 1 fully saturated rings. The molecule has 2 atom stereocenters. The van der Waals surface area contributed by atoms with Gasteiger partial charge in [-0.25, -0.2) is 0 Å². The van der Waals surface area contributed by atoms with Crippen LogP contribution in [0, 0.1) is 0 Å². The molecule has 0 aromatic heterocycles. The van der Waals surface area contributed by atoms with E-state index in [4.69, 9.17) is 13.6 Å². The molecule has 1 aliphatic heterocycles. The Morgan fingerprint density at radius 2 is 1.66 bits per heavy atom. The minimum Gasteiger partial charge on any atom is -0.413 e. The first-order valence-electron chi connectivity index (χ1n) is 14.6. The van der Waals surface area contributed by atoms with Gasteiger partial charge in [0.05, 0.1) is 24.9 Å². The highest BCUT2D eigenvalue weighted by atomic mass is 28.4. The van der Waals surface area contributed by atoms with Crippen molar-refractivity contribution in [2.75, 3.05) is 13.2 Å². The molecule has 0 saturated carbocycles. The predicted molar refractivity (Wildman–Crippen MR) is 169 cm³/mol. The molecule has 220 valence electrons. The summed E-state index contributed by atoms with van der Waals surface area (Å²) in [5, 5.41) is 0.324. The van der Waals surface area contributed by atoms with E-state index in [0.717, 1.165) is 31.3 Å². The first-order chi connectivity index (χ1) is 17.1. The summed E-state index contributed by atoms with van der Waals surface area (Å²) in [6.45, 7) is 34.5. The lowest BCUT2D eigenvalue weighted by atomic mass is 9.88. The zero-order valence-electron chi connectivity index (χ0n) is 27.2. The molecule has 0 aliphatic carbocycles. The first kappa shape index (κ1) is 35.2. The molecule has 1 rings (SSSR count). The highest BCUT2D eigenvalue weighted by Gasteiger charge is 2.45. The van der Waals surface area contributed by atoms with Crippen molar-refractivity contribution >= 4 is 22.4 Å². The molecule has 0 radical (unpaired) electrons. The van der Waals surface area contributed by atoms with Crippen LogP contribution < -0.4 is 0 Å². The molecule has 1 saturated heterocycles. The van der Waals surface area contributed by atoms with E-state index in [1.165, 1.54) is 5.57 Å². The second kappa shape index (κ2) is 13.7. The number of rotatable bonds is 12. The maximum atomic E-state index is 12.5. The van der Waals surface area contributed by atoms with Crippen LogP contribution in [0.3, 0.4) is 0 Å². The third-order valence-corrected chi connectivity index (χ3v) is 18.1. The minimum atomic E-state index is -1.99. The van der Waals surface area contributed by atoms with E-state index in [2.05, 4.69) is 87.3 Å². The molecule has 4 nitrogen and oxygen atoms in total. The van der Waals surface area contributed by atoms with Crippen molar-refractivity contribution in [3.63, 3.8) is 0 Å². The fourth-order valence-corrected chi connectivity index (χ4v) is 6.34. The van der Waals surface area contributed by atoms with E-state index in [-0.39, 0.29) is 22.0 Å². The predicted octanol–water partition coefficient (Wildman–Crippen LogP) is 9.55. The fourth-order valence-electron chi connectivity index (χ4n) is 3.97. The van der Waals surface area contributed by atoms with Gasteiger partial charge in [-0.1, -0.05) is 65.8 Å². The largest absolute Gasteiger partial charge is 0.413 e. The maximum Gasteiger partial charge on any atom is 0.192 e. The highest BCUT2D eigenvalue weighted by molar-refractivity contribution is 6.74. The number of carbonyl (C=O) groups is 1. The van der Waals surface area contributed by atoms with E-state index in [0.29, 0.717) is 31.6 Å². The lowest BCUT2D eigenvalue weighted by Crippen LogP contribution is -2.52. The van der Waals surface area contributed by atoms with Gasteiger partial charge in [-0.2, -0.15) is 0 Å². The van der Waals surface area contributed by atoms with Crippen molar-refractivity contribution in [1.82, 2.24) is 0 Å². The Morgan fingerprint density at radius 1 is 1.08 bits per heavy atom. The van der Waals surface area contributed by atoms with Crippen LogP contribution in [0.25, 0.3) is 0 Å². The molecule has 1 aliphatic rings. The molecular formula is C32H60O4Si2. The first-order valence-corrected chi connectivity index (χ1v) is 20.4. The smallest absolute Gasteiger partial charge is 0.192 e. The Bertz CT molecular complexity index is 867. The van der Waals surface area contributed by atoms with Crippen LogP contribution in [-0.2, 0) is 18.4 Å². The SMILES string of the molecule is C=C(CCC[C@]1(C)OC/C(=C/CO[Si](C)(C)C(C)(C)C)CC[C@H]1O[Si](C)(C)C(C)(C)C)C(=O)CC=C(C)C. The average Bonchev–Trinajstić information content (AvgIpc) is 2.89. The number of Topliss-reactive ketones (excluding diaryl/α,β-unsaturated/α-hetero) is 1. The standard InChI is InChI=1S/C32H60O4Si2/c1-25(2)17-19-28(33)26(3)16-15-22-32(10)29(36-38(13,14)31(7,8)9)20-18-27(24-34-32)21-23-35-37(11,12)30(4,5)6/h17,21,29H,3,15-16,18-20,22-24H2,1-2,4-14H3/b27-21+/t29-,32+/m1/s1. The summed E-state index contributed by atoms with van der Waals surface area (Å²) in [6.07, 6.45) is 9.00. The van der Waals surface area contributed by atoms with Gasteiger partial charge in [-0.3, -0.25) is 4.79 Å². The molecule has 0 unspecified atom stereocenters. The Hall–Kier alpha value is -0.796. The van der Waals surface area contributed by atoms with E-state index in [9.17, 15) is 4.79 Å². The number of ether oxygens (including phenoxy) is 1. The van der Waals surface area contributed by atoms with Crippen LogP contribution in [0.15, 0.2) is 35.5 Å². The molecule has 0 amide bonds. The monoisotopic (exact) mass is 564 g/mol. The topological polar surface area (TPSA) is 44.8 Å². The summed E-state index contributed by atoms with van der Waals surface area (Å²) in [6, 6.07) is 0. The molecule has 0 spiro atoms. The summed E-state index contributed by atoms with van der Waals surface area (Å²) in [4.78, 5) is 12.5. The third-order valence-electron chi connectivity index (χ3n) is 9.10. The van der Waals surface area contributed by atoms with Crippen molar-refractivity contribution in [2.45, 2.75) is 149 Å². The third kappa shape index (κ3) is 10.6. The van der Waals surface area contributed by atoms with Crippen molar-refractivity contribution < 1.29 is 18.4 Å². The zero-order valence-corrected chi connectivity index (χ0v) is 29.2. The van der Waals surface area contributed by atoms with Gasteiger partial charge in [-0.15, -0.1) is 0 Å². The molecule has 6 heteroatoms. The zero-order chi connectivity index (χ0) is 29.6. The summed E-state index contributed by atoms with van der Waals surface area (Å²) in [5.41, 5.74) is 2.77. The van der Waals surface area contributed by atoms with Crippen LogP contribution in [0.5, 0.6) is 0 Å². The number of ketones is 1. The van der Waals surface area contributed by atoms with Gasteiger partial charge in [-0.05, 0) is 100 Å². The number of hydrogen-bond donors (Lipinski definition) is 0. The Labute approximate surface area is 237 Å². The Kier molecular flexibility index (Phi) is 12.7. The molecule has 0 bridgehead atoms. The van der Waals surface area contributed by atoms with E-state index < -0.39 is 22.2 Å². The molecule has 0 aromatic carbocycles. The van der Waals surface area contributed by atoms with Crippen LogP contribution in [-0.4, -0.2) is 47.3 Å². The van der Waals surface area contributed by atoms with Crippen LogP contribution >= 0.6 is 0 Å². The van der Waals surface area contributed by atoms with Gasteiger partial charge in [0, 0.05) is 6.42 Å². The normalized spacial score (nSPS) is 22.8. The maximum absolute atomic E-state index is 12.5. The molecule has 38 heavy (non-hydrogen) atoms. The van der Waals surface area contributed by atoms with E-state index in [1.54, 1.807) is 0 Å². The molecule has 0 N–H and O–H groups in total. The van der Waals surface area contributed by atoms with Gasteiger partial charge in [0.25, 0.3) is 0 Å². The Balaban J connectivity index is 3.01. The van der Waals surface area contributed by atoms with Gasteiger partial charge in [0.1, 0.15) is 0 Å². The van der Waals surface area contributed by atoms with Crippen LogP contribution in [0.1, 0.15) is 101 Å². The molecule has 0 aromatic rings. The second-order valence-electron chi connectivity index (χ2n) is 14.8. The second-order valence-corrected chi connectivity index (χ2v) is 24.4. The Morgan fingerprint density at radius 3 is 2.18 bits per heavy atom. The van der Waals surface area contributed by atoms with E-state index >= 15 is 0 Å². The van der Waals surface area contributed by atoms with Crippen molar-refractivity contribution in [3.05, 3.63) is 35.5 Å². The van der Waals surface area contributed by atoms with Crippen molar-refractivity contribution in [1.29, 1.82) is 0 Å². The summed E-state index contributed by atoms with van der Waals surface area (Å²) < 4.78 is 20.2. The van der Waals surface area contributed by atoms with Gasteiger partial charge < -0.3 is 13.6 Å². The lowest BCUT2D eigenvalue weighted by Gasteiger charge is -2.44. The van der Waals surface area contributed by atoms with Crippen LogP contribution in [0.2, 0.25) is 36.3 Å².